The summed E-state index contributed by atoms with van der Waals surface area (Å²) in [5, 5.41) is 9.55. The third kappa shape index (κ3) is 5.11. The van der Waals surface area contributed by atoms with Crippen LogP contribution in [0.3, 0.4) is 0 Å². The third-order valence-electron chi connectivity index (χ3n) is 2.66. The fourth-order valence-corrected chi connectivity index (χ4v) is 2.59. The van der Waals surface area contributed by atoms with Gasteiger partial charge in [0.05, 0.1) is 17.6 Å². The number of ether oxygens (including phenoxy) is 1. The number of aryl methyl sites for hydroxylation is 1. The Hall–Kier alpha value is -1.44. The van der Waals surface area contributed by atoms with Crippen LogP contribution in [0.25, 0.3) is 0 Å². The summed E-state index contributed by atoms with van der Waals surface area (Å²) in [5.41, 5.74) is 0.892. The van der Waals surface area contributed by atoms with Crippen LogP contribution in [0.5, 0.6) is 0 Å². The molecule has 0 bridgehead atoms. The Morgan fingerprint density at radius 3 is 2.33 bits per heavy atom. The van der Waals surface area contributed by atoms with Crippen molar-refractivity contribution in [3.63, 3.8) is 0 Å². The van der Waals surface area contributed by atoms with Crippen molar-refractivity contribution in [3.8, 4) is 0 Å². The molecule has 0 saturated carbocycles. The maximum absolute atomic E-state index is 12.1. The average molecular weight is 316 g/mol. The molecule has 0 aliphatic rings. The normalized spacial score (nSPS) is 14.5. The van der Waals surface area contributed by atoms with Crippen LogP contribution in [0.15, 0.2) is 29.2 Å². The topological polar surface area (TPSA) is 89.9 Å². The van der Waals surface area contributed by atoms with Crippen LogP contribution in [-0.2, 0) is 23.8 Å². The van der Waals surface area contributed by atoms with Gasteiger partial charge in [0.2, 0.25) is 0 Å². The van der Waals surface area contributed by atoms with Crippen molar-refractivity contribution in [2.45, 2.75) is 44.3 Å². The van der Waals surface area contributed by atoms with Crippen molar-refractivity contribution in [2.75, 3.05) is 6.61 Å². The van der Waals surface area contributed by atoms with E-state index in [0.29, 0.717) is 6.42 Å². The summed E-state index contributed by atoms with van der Waals surface area (Å²) in [6.45, 7) is 5.02. The van der Waals surface area contributed by atoms with Crippen molar-refractivity contribution >= 4 is 16.1 Å². The number of hydrogen-bond acceptors (Lipinski definition) is 6. The number of carbonyl (C=O) groups is 1. The maximum atomic E-state index is 12.1. The molecular weight excluding hydrogens is 296 g/mol. The molecule has 6 nitrogen and oxygen atoms in total. The van der Waals surface area contributed by atoms with Gasteiger partial charge < -0.3 is 9.84 Å². The molecule has 0 aliphatic heterocycles. The quantitative estimate of drug-likeness (QED) is 0.604. The molecule has 1 rings (SSSR count). The van der Waals surface area contributed by atoms with Crippen LogP contribution in [0.1, 0.15) is 25.8 Å². The number of hydrogen-bond donors (Lipinski definition) is 1. The first-order valence-corrected chi connectivity index (χ1v) is 8.03. The maximum Gasteiger partial charge on any atom is 0.339 e. The summed E-state index contributed by atoms with van der Waals surface area (Å²) >= 11 is 0. The molecular formula is C14H20O6S. The highest BCUT2D eigenvalue weighted by atomic mass is 32.2. The summed E-state index contributed by atoms with van der Waals surface area (Å²) in [6, 6.07) is 5.98. The first-order chi connectivity index (χ1) is 9.77. The van der Waals surface area contributed by atoms with Gasteiger partial charge in [-0.1, -0.05) is 24.6 Å². The van der Waals surface area contributed by atoms with Gasteiger partial charge in [-0.15, -0.1) is 0 Å². The zero-order valence-electron chi connectivity index (χ0n) is 12.3. The molecule has 0 heterocycles. The lowest BCUT2D eigenvalue weighted by atomic mass is 10.2. The lowest BCUT2D eigenvalue weighted by Gasteiger charge is -2.18. The van der Waals surface area contributed by atoms with E-state index < -0.39 is 28.3 Å². The van der Waals surface area contributed by atoms with Crippen molar-refractivity contribution in [3.05, 3.63) is 29.8 Å². The molecule has 1 aromatic carbocycles. The molecule has 0 aliphatic carbocycles. The fourth-order valence-electron chi connectivity index (χ4n) is 1.50. The van der Waals surface area contributed by atoms with Crippen LogP contribution in [0.2, 0.25) is 0 Å². The van der Waals surface area contributed by atoms with Gasteiger partial charge in [0, 0.05) is 0 Å². The van der Waals surface area contributed by atoms with Crippen LogP contribution < -0.4 is 0 Å². The monoisotopic (exact) mass is 316 g/mol. The number of benzene rings is 1. The predicted octanol–water partition coefficient (Wildman–Crippen LogP) is 1.40. The molecule has 7 heteroatoms. The molecule has 2 atom stereocenters. The number of rotatable bonds is 7. The van der Waals surface area contributed by atoms with E-state index >= 15 is 0 Å². The van der Waals surface area contributed by atoms with Gasteiger partial charge >= 0.3 is 5.97 Å². The lowest BCUT2D eigenvalue weighted by molar-refractivity contribution is -0.156. The summed E-state index contributed by atoms with van der Waals surface area (Å²) in [7, 11) is -4.15. The SMILES string of the molecule is CCCOC(=O)C(OS(=O)(=O)c1ccc(C)cc1)C(C)O. The van der Waals surface area contributed by atoms with Crippen molar-refractivity contribution in [2.24, 2.45) is 0 Å². The van der Waals surface area contributed by atoms with E-state index in [9.17, 15) is 18.3 Å². The van der Waals surface area contributed by atoms with E-state index in [1.54, 1.807) is 19.1 Å². The number of aliphatic hydroxyl groups excluding tert-OH is 1. The fraction of sp³-hybridized carbons (Fsp3) is 0.500. The molecule has 0 spiro atoms. The molecule has 21 heavy (non-hydrogen) atoms. The van der Waals surface area contributed by atoms with Gasteiger partial charge in [0.15, 0.2) is 6.10 Å². The van der Waals surface area contributed by atoms with Gasteiger partial charge in [0.1, 0.15) is 0 Å². The minimum absolute atomic E-state index is 0.0814. The Morgan fingerprint density at radius 2 is 1.86 bits per heavy atom. The minimum atomic E-state index is -4.15. The highest BCUT2D eigenvalue weighted by Gasteiger charge is 2.32. The number of esters is 1. The molecule has 2 unspecified atom stereocenters. The Labute approximate surface area is 124 Å². The predicted molar refractivity (Wildman–Crippen MR) is 76.2 cm³/mol. The molecule has 118 valence electrons. The summed E-state index contributed by atoms with van der Waals surface area (Å²) in [4.78, 5) is 11.7. The van der Waals surface area contributed by atoms with Gasteiger partial charge in [-0.2, -0.15) is 8.42 Å². The first kappa shape index (κ1) is 17.6. The van der Waals surface area contributed by atoms with Gasteiger partial charge in [-0.25, -0.2) is 8.98 Å². The van der Waals surface area contributed by atoms with Crippen LogP contribution in [-0.4, -0.2) is 38.3 Å². The second kappa shape index (κ2) is 7.53. The second-order valence-corrected chi connectivity index (χ2v) is 6.26. The highest BCUT2D eigenvalue weighted by Crippen LogP contribution is 2.17. The standard InChI is InChI=1S/C14H20O6S/c1-4-9-19-14(16)13(11(3)15)20-21(17,18)12-7-5-10(2)6-8-12/h5-8,11,13,15H,4,9H2,1-3H3. The van der Waals surface area contributed by atoms with Crippen molar-refractivity contribution in [1.82, 2.24) is 0 Å². The van der Waals surface area contributed by atoms with Gasteiger partial charge in [-0.05, 0) is 32.4 Å². The number of carbonyl (C=O) groups excluding carboxylic acids is 1. The third-order valence-corrected chi connectivity index (χ3v) is 3.97. The van der Waals surface area contributed by atoms with E-state index in [2.05, 4.69) is 0 Å². The Balaban J connectivity index is 2.92. The zero-order valence-corrected chi connectivity index (χ0v) is 13.1. The second-order valence-electron chi connectivity index (χ2n) is 4.69. The van der Waals surface area contributed by atoms with Crippen LogP contribution in [0, 0.1) is 6.92 Å². The van der Waals surface area contributed by atoms with Crippen molar-refractivity contribution in [1.29, 1.82) is 0 Å². The van der Waals surface area contributed by atoms with Crippen molar-refractivity contribution < 1.29 is 27.2 Å². The van der Waals surface area contributed by atoms with E-state index in [1.165, 1.54) is 19.1 Å². The van der Waals surface area contributed by atoms with E-state index in [0.717, 1.165) is 5.56 Å². The van der Waals surface area contributed by atoms with E-state index in [1.807, 2.05) is 6.92 Å². The average Bonchev–Trinajstić information content (AvgIpc) is 2.42. The molecule has 0 fully saturated rings. The Bertz CT molecular complexity index is 562. The largest absolute Gasteiger partial charge is 0.464 e. The molecule has 0 amide bonds. The van der Waals surface area contributed by atoms with Gasteiger partial charge in [0.25, 0.3) is 10.1 Å². The molecule has 1 N–H and O–H groups in total. The highest BCUT2D eigenvalue weighted by molar-refractivity contribution is 7.86. The molecule has 1 aromatic rings. The summed E-state index contributed by atoms with van der Waals surface area (Å²) in [6.07, 6.45) is -2.30. The molecule has 0 saturated heterocycles. The summed E-state index contributed by atoms with van der Waals surface area (Å²) < 4.78 is 33.8. The Morgan fingerprint density at radius 1 is 1.29 bits per heavy atom. The molecule has 0 radical (unpaired) electrons. The minimum Gasteiger partial charge on any atom is -0.464 e. The van der Waals surface area contributed by atoms with E-state index in [-0.39, 0.29) is 11.5 Å². The zero-order chi connectivity index (χ0) is 16.0. The van der Waals surface area contributed by atoms with Crippen LogP contribution >= 0.6 is 0 Å². The number of aliphatic hydroxyl groups is 1. The Kier molecular flexibility index (Phi) is 6.32. The lowest BCUT2D eigenvalue weighted by Crippen LogP contribution is -2.38. The summed E-state index contributed by atoms with van der Waals surface area (Å²) in [5.74, 6) is -0.900. The first-order valence-electron chi connectivity index (χ1n) is 6.62. The smallest absolute Gasteiger partial charge is 0.339 e. The van der Waals surface area contributed by atoms with Crippen LogP contribution in [0.4, 0.5) is 0 Å². The molecule has 0 aromatic heterocycles. The van der Waals surface area contributed by atoms with Gasteiger partial charge in [-0.3, -0.25) is 0 Å². The van der Waals surface area contributed by atoms with E-state index in [4.69, 9.17) is 8.92 Å².